The van der Waals surface area contributed by atoms with E-state index in [1.165, 1.54) is 11.3 Å². The van der Waals surface area contributed by atoms with Crippen molar-refractivity contribution in [1.29, 1.82) is 0 Å². The van der Waals surface area contributed by atoms with Crippen LogP contribution < -0.4 is 5.32 Å². The number of hydrogen-bond acceptors (Lipinski definition) is 7. The minimum atomic E-state index is -0.770. The lowest BCUT2D eigenvalue weighted by molar-refractivity contribution is -0.0871. The topological polar surface area (TPSA) is 70.5 Å². The number of likely N-dealkylation sites (tertiary alicyclic amines) is 1. The number of fused-ring (bicyclic) bond motifs is 2. The second-order valence-corrected chi connectivity index (χ2v) is 8.22. The molecule has 1 spiro atoms. The monoisotopic (exact) mass is 398 g/mol. The van der Waals surface area contributed by atoms with Crippen LogP contribution in [0.25, 0.3) is 0 Å². The number of nitrogens with zero attached hydrogens (tertiary/aromatic N) is 3. The predicted octanol–water partition coefficient (Wildman–Crippen LogP) is 3.10. The molecule has 26 heavy (non-hydrogen) atoms. The van der Waals surface area contributed by atoms with Crippen molar-refractivity contribution in [1.82, 2.24) is 14.9 Å². The molecule has 9 heteroatoms. The molecule has 0 bridgehead atoms. The van der Waals surface area contributed by atoms with Crippen LogP contribution >= 0.6 is 22.9 Å². The van der Waals surface area contributed by atoms with E-state index in [9.17, 15) is 9.50 Å². The van der Waals surface area contributed by atoms with Gasteiger partial charge in [0, 0.05) is 24.8 Å². The predicted molar refractivity (Wildman–Crippen MR) is 97.6 cm³/mol. The molecule has 2 aromatic rings. The third kappa shape index (κ3) is 3.32. The third-order valence-corrected chi connectivity index (χ3v) is 6.14. The quantitative estimate of drug-likeness (QED) is 0.609. The lowest BCUT2D eigenvalue weighted by Crippen LogP contribution is -2.45. The van der Waals surface area contributed by atoms with Crippen molar-refractivity contribution < 1.29 is 14.2 Å². The van der Waals surface area contributed by atoms with Gasteiger partial charge in [-0.05, 0) is 37.9 Å². The van der Waals surface area contributed by atoms with E-state index in [0.29, 0.717) is 34.9 Å². The third-order valence-electron chi connectivity index (χ3n) is 4.87. The molecule has 2 aromatic heterocycles. The van der Waals surface area contributed by atoms with Crippen LogP contribution in [0.1, 0.15) is 35.8 Å². The first-order chi connectivity index (χ1) is 12.5. The lowest BCUT2D eigenvalue weighted by Gasteiger charge is -2.40. The number of hydrogen-bond donors (Lipinski definition) is 2. The van der Waals surface area contributed by atoms with Gasteiger partial charge in [-0.25, -0.2) is 4.98 Å². The number of piperidine rings is 1. The Balaban J connectivity index is 1.52. The SMILES string of the molecule is CC(O)Nc1nc(F)c(CN2CCCC3(C2)OCc2c3ccnc2Cl)s1. The highest BCUT2D eigenvalue weighted by Gasteiger charge is 2.44. The van der Waals surface area contributed by atoms with Crippen LogP contribution in [0.5, 0.6) is 0 Å². The van der Waals surface area contributed by atoms with E-state index in [0.717, 1.165) is 30.5 Å². The van der Waals surface area contributed by atoms with Gasteiger partial charge in [0.25, 0.3) is 0 Å². The first-order valence-corrected chi connectivity index (χ1v) is 9.76. The molecule has 0 amide bonds. The smallest absolute Gasteiger partial charge is 0.230 e. The number of aliphatic hydroxyl groups excluding tert-OH is 1. The van der Waals surface area contributed by atoms with Crippen LogP contribution in [0.2, 0.25) is 5.15 Å². The van der Waals surface area contributed by atoms with E-state index in [-0.39, 0.29) is 0 Å². The highest BCUT2D eigenvalue weighted by Crippen LogP contribution is 2.44. The normalized spacial score (nSPS) is 24.0. The summed E-state index contributed by atoms with van der Waals surface area (Å²) < 4.78 is 20.3. The van der Waals surface area contributed by atoms with Crippen LogP contribution in [-0.2, 0) is 23.5 Å². The molecule has 2 unspecified atom stereocenters. The number of rotatable bonds is 4. The van der Waals surface area contributed by atoms with E-state index in [1.807, 2.05) is 6.07 Å². The maximum atomic E-state index is 14.2. The summed E-state index contributed by atoms with van der Waals surface area (Å²) in [5, 5.41) is 13.0. The zero-order valence-corrected chi connectivity index (χ0v) is 15.9. The number of aliphatic hydroxyl groups is 1. The number of thiazole rings is 1. The summed E-state index contributed by atoms with van der Waals surface area (Å²) in [6.45, 7) is 4.05. The zero-order chi connectivity index (χ0) is 18.3. The van der Waals surface area contributed by atoms with Gasteiger partial charge in [-0.15, -0.1) is 0 Å². The second kappa shape index (κ2) is 7.01. The van der Waals surface area contributed by atoms with Gasteiger partial charge in [0.05, 0.1) is 11.5 Å². The summed E-state index contributed by atoms with van der Waals surface area (Å²) in [5.74, 6) is -0.488. The summed E-state index contributed by atoms with van der Waals surface area (Å²) in [6, 6.07) is 1.98. The molecule has 0 saturated carbocycles. The molecule has 6 nitrogen and oxygen atoms in total. The Bertz CT molecular complexity index is 818. The fourth-order valence-electron chi connectivity index (χ4n) is 3.77. The van der Waals surface area contributed by atoms with Gasteiger partial charge in [-0.3, -0.25) is 4.90 Å². The fourth-order valence-corrected chi connectivity index (χ4v) is 4.95. The molecule has 0 radical (unpaired) electrons. The molecule has 4 heterocycles. The number of nitrogens with one attached hydrogen (secondary N) is 1. The van der Waals surface area contributed by atoms with E-state index >= 15 is 0 Å². The van der Waals surface area contributed by atoms with E-state index in [2.05, 4.69) is 20.2 Å². The number of ether oxygens (including phenoxy) is 1. The minimum absolute atomic E-state index is 0.388. The Hall–Kier alpha value is -1.32. The molecule has 2 aliphatic heterocycles. The van der Waals surface area contributed by atoms with Crippen molar-refractivity contribution >= 4 is 28.1 Å². The molecule has 0 aromatic carbocycles. The standard InChI is InChI=1S/C17H20ClFN4O2S/c1-10(24)21-16-22-15(19)13(26-16)7-23-6-2-4-17(9-23)12-3-5-20-14(18)11(12)8-25-17/h3,5,10,24H,2,4,6-9H2,1H3,(H,21,22). The minimum Gasteiger partial charge on any atom is -0.374 e. The van der Waals surface area contributed by atoms with Gasteiger partial charge in [0.2, 0.25) is 5.95 Å². The first-order valence-electron chi connectivity index (χ1n) is 8.57. The first kappa shape index (κ1) is 18.1. The van der Waals surface area contributed by atoms with E-state index < -0.39 is 17.8 Å². The summed E-state index contributed by atoms with van der Waals surface area (Å²) in [4.78, 5) is 10.7. The average molecular weight is 399 g/mol. The molecular weight excluding hydrogens is 379 g/mol. The Kier molecular flexibility index (Phi) is 4.87. The Labute approximate surface area is 160 Å². The van der Waals surface area contributed by atoms with Gasteiger partial charge in [-0.1, -0.05) is 22.9 Å². The fraction of sp³-hybridized carbons (Fsp3) is 0.529. The van der Waals surface area contributed by atoms with Gasteiger partial charge < -0.3 is 15.2 Å². The van der Waals surface area contributed by atoms with Crippen molar-refractivity contribution in [3.05, 3.63) is 39.4 Å². The zero-order valence-electron chi connectivity index (χ0n) is 14.3. The van der Waals surface area contributed by atoms with Crippen LogP contribution in [0.3, 0.4) is 0 Å². The van der Waals surface area contributed by atoms with Crippen LogP contribution in [-0.4, -0.2) is 39.3 Å². The van der Waals surface area contributed by atoms with Gasteiger partial charge in [0.1, 0.15) is 17.0 Å². The summed E-state index contributed by atoms with van der Waals surface area (Å²) >= 11 is 7.44. The molecule has 4 rings (SSSR count). The van der Waals surface area contributed by atoms with Crippen molar-refractivity contribution in [2.24, 2.45) is 0 Å². The molecule has 2 atom stereocenters. The molecule has 140 valence electrons. The van der Waals surface area contributed by atoms with Crippen LogP contribution in [0.4, 0.5) is 9.52 Å². The molecule has 1 saturated heterocycles. The molecule has 2 aliphatic rings. The second-order valence-electron chi connectivity index (χ2n) is 6.78. The highest BCUT2D eigenvalue weighted by atomic mass is 35.5. The maximum absolute atomic E-state index is 14.2. The van der Waals surface area contributed by atoms with E-state index in [1.54, 1.807) is 13.1 Å². The maximum Gasteiger partial charge on any atom is 0.230 e. The number of anilines is 1. The number of halogens is 2. The summed E-state index contributed by atoms with van der Waals surface area (Å²) in [7, 11) is 0. The molecular formula is C17H20ClFN4O2S. The number of aromatic nitrogens is 2. The van der Waals surface area contributed by atoms with Crippen molar-refractivity contribution in [2.75, 3.05) is 18.4 Å². The van der Waals surface area contributed by atoms with Gasteiger partial charge in [-0.2, -0.15) is 9.37 Å². The molecule has 1 fully saturated rings. The van der Waals surface area contributed by atoms with Crippen molar-refractivity contribution in [2.45, 2.75) is 44.7 Å². The number of pyridine rings is 1. The Morgan fingerprint density at radius 3 is 3.23 bits per heavy atom. The van der Waals surface area contributed by atoms with E-state index in [4.69, 9.17) is 16.3 Å². The van der Waals surface area contributed by atoms with Crippen molar-refractivity contribution in [3.8, 4) is 0 Å². The van der Waals surface area contributed by atoms with Crippen LogP contribution in [0.15, 0.2) is 12.3 Å². The molecule has 2 N–H and O–H groups in total. The Morgan fingerprint density at radius 1 is 1.58 bits per heavy atom. The van der Waals surface area contributed by atoms with Gasteiger partial charge in [0.15, 0.2) is 5.13 Å². The largest absolute Gasteiger partial charge is 0.374 e. The highest BCUT2D eigenvalue weighted by molar-refractivity contribution is 7.15. The molecule has 0 aliphatic carbocycles. The van der Waals surface area contributed by atoms with Crippen LogP contribution in [0, 0.1) is 5.95 Å². The lowest BCUT2D eigenvalue weighted by atomic mass is 9.85. The average Bonchev–Trinajstić information content (AvgIpc) is 3.10. The summed E-state index contributed by atoms with van der Waals surface area (Å²) in [5.41, 5.74) is 1.66. The van der Waals surface area contributed by atoms with Crippen molar-refractivity contribution in [3.63, 3.8) is 0 Å². The van der Waals surface area contributed by atoms with Gasteiger partial charge >= 0.3 is 0 Å². The Morgan fingerprint density at radius 2 is 2.42 bits per heavy atom. The summed E-state index contributed by atoms with van der Waals surface area (Å²) in [6.07, 6.45) is 2.82.